The predicted molar refractivity (Wildman–Crippen MR) is 229 cm³/mol. The zero-order valence-corrected chi connectivity index (χ0v) is 30.0. The fourth-order valence-electron chi connectivity index (χ4n) is 8.52. The van der Waals surface area contributed by atoms with Gasteiger partial charge in [-0.1, -0.05) is 146 Å². The Bertz CT molecular complexity index is 3120. The van der Waals surface area contributed by atoms with Crippen LogP contribution in [-0.4, -0.2) is 11.7 Å². The lowest BCUT2D eigenvalue weighted by atomic mass is 9.91. The Balaban J connectivity index is 1.03. The van der Waals surface area contributed by atoms with Gasteiger partial charge in [0.2, 0.25) is 0 Å². The summed E-state index contributed by atoms with van der Waals surface area (Å²) in [6, 6.07) is 57.9. The van der Waals surface area contributed by atoms with Gasteiger partial charge in [0, 0.05) is 21.9 Å². The van der Waals surface area contributed by atoms with E-state index in [1.165, 1.54) is 43.1 Å². The molecule has 0 saturated carbocycles. The van der Waals surface area contributed by atoms with Crippen LogP contribution in [0.2, 0.25) is 0 Å². The molecule has 0 unspecified atom stereocenters. The summed E-state index contributed by atoms with van der Waals surface area (Å²) in [6.45, 7) is 0. The third-order valence-corrected chi connectivity index (χ3v) is 11.1. The summed E-state index contributed by atoms with van der Waals surface area (Å²) in [5, 5.41) is 13.7. The van der Waals surface area contributed by atoms with Crippen molar-refractivity contribution in [2.24, 2.45) is 9.98 Å². The van der Waals surface area contributed by atoms with Gasteiger partial charge in [0.15, 0.2) is 6.17 Å². The average Bonchev–Trinajstić information content (AvgIpc) is 3.65. The van der Waals surface area contributed by atoms with Gasteiger partial charge in [0.1, 0.15) is 22.8 Å². The molecule has 1 aliphatic carbocycles. The molecule has 4 heteroatoms. The Hall–Kier alpha value is -7.04. The first kappa shape index (κ1) is 31.5. The molecule has 2 heterocycles. The Labute approximate surface area is 318 Å². The van der Waals surface area contributed by atoms with Crippen LogP contribution in [-0.2, 0) is 0 Å². The number of hydrogen-bond acceptors (Lipinski definition) is 4. The van der Waals surface area contributed by atoms with E-state index in [2.05, 4.69) is 145 Å². The Morgan fingerprint density at radius 3 is 1.80 bits per heavy atom. The van der Waals surface area contributed by atoms with E-state index in [9.17, 15) is 0 Å². The van der Waals surface area contributed by atoms with Crippen LogP contribution >= 0.6 is 0 Å². The number of nitrogens with zero attached hydrogens (tertiary/aromatic N) is 2. The summed E-state index contributed by atoms with van der Waals surface area (Å²) in [7, 11) is 0. The summed E-state index contributed by atoms with van der Waals surface area (Å²) in [5.74, 6) is 1.61. The lowest BCUT2D eigenvalue weighted by Crippen LogP contribution is -2.35. The number of rotatable bonds is 5. The van der Waals surface area contributed by atoms with Crippen molar-refractivity contribution >= 4 is 67.3 Å². The maximum absolute atomic E-state index is 6.51. The largest absolute Gasteiger partial charge is 0.456 e. The first-order valence-corrected chi connectivity index (χ1v) is 19.0. The Morgan fingerprint density at radius 2 is 1.04 bits per heavy atom. The van der Waals surface area contributed by atoms with E-state index in [0.717, 1.165) is 74.3 Å². The number of amidine groups is 2. The van der Waals surface area contributed by atoms with Crippen LogP contribution in [0.3, 0.4) is 0 Å². The molecular weight excluding hydrogens is 671 g/mol. The molecule has 0 saturated heterocycles. The fourth-order valence-corrected chi connectivity index (χ4v) is 8.52. The molecule has 1 aliphatic heterocycles. The third-order valence-electron chi connectivity index (χ3n) is 11.1. The predicted octanol–water partition coefficient (Wildman–Crippen LogP) is 11.1. The van der Waals surface area contributed by atoms with E-state index in [1.807, 2.05) is 36.4 Å². The van der Waals surface area contributed by atoms with Crippen LogP contribution in [0.1, 0.15) is 35.7 Å². The molecule has 4 nitrogen and oxygen atoms in total. The molecular formula is C51H35N3O. The smallest absolute Gasteiger partial charge is 0.169 e. The summed E-state index contributed by atoms with van der Waals surface area (Å²) < 4.78 is 6.51. The Morgan fingerprint density at radius 1 is 0.436 bits per heavy atom. The topological polar surface area (TPSA) is 49.9 Å². The average molecular weight is 706 g/mol. The highest BCUT2D eigenvalue weighted by molar-refractivity contribution is 6.17. The maximum atomic E-state index is 6.51. The molecule has 11 rings (SSSR count). The molecule has 0 atom stereocenters. The first-order chi connectivity index (χ1) is 27.2. The quantitative estimate of drug-likeness (QED) is 0.181. The number of nitrogens with one attached hydrogen (secondary N) is 1. The van der Waals surface area contributed by atoms with Crippen LogP contribution in [0, 0.1) is 0 Å². The lowest BCUT2D eigenvalue weighted by Gasteiger charge is -2.22. The number of furan rings is 1. The van der Waals surface area contributed by atoms with Crippen molar-refractivity contribution in [2.45, 2.75) is 19.0 Å². The first-order valence-electron chi connectivity index (χ1n) is 19.0. The minimum absolute atomic E-state index is 0.401. The van der Waals surface area contributed by atoms with E-state index in [1.54, 1.807) is 0 Å². The molecule has 0 fully saturated rings. The molecule has 8 aromatic carbocycles. The molecule has 0 amide bonds. The summed E-state index contributed by atoms with van der Waals surface area (Å²) in [4.78, 5) is 10.2. The second-order valence-electron chi connectivity index (χ2n) is 14.4. The van der Waals surface area contributed by atoms with Gasteiger partial charge < -0.3 is 9.73 Å². The van der Waals surface area contributed by atoms with Crippen LogP contribution in [0.15, 0.2) is 178 Å². The van der Waals surface area contributed by atoms with E-state index in [-0.39, 0.29) is 0 Å². The van der Waals surface area contributed by atoms with Crippen molar-refractivity contribution in [3.05, 3.63) is 191 Å². The van der Waals surface area contributed by atoms with E-state index >= 15 is 0 Å². The van der Waals surface area contributed by atoms with E-state index < -0.39 is 6.17 Å². The van der Waals surface area contributed by atoms with E-state index in [4.69, 9.17) is 14.4 Å². The SMILES string of the molecule is C1=c2c(c3cc(-c4cccc5oc6ccc(-c7cccc(C8N=C(c9ccccc9)NC(c9ccccc9)=N8)c7)cc6c45)ccc3c3ccccc23)=CCC1. The highest BCUT2D eigenvalue weighted by Gasteiger charge is 2.21. The van der Waals surface area contributed by atoms with Gasteiger partial charge >= 0.3 is 0 Å². The number of aliphatic imine (C=N–C) groups is 2. The van der Waals surface area contributed by atoms with Crippen LogP contribution in [0.5, 0.6) is 0 Å². The Kier molecular flexibility index (Phi) is 7.34. The van der Waals surface area contributed by atoms with Crippen molar-refractivity contribution in [2.75, 3.05) is 0 Å². The standard InChI is InChI=1S/C51H35N3O/c1-3-13-32(14-4-1)49-52-50(33-15-5-2-6-16-33)54-51(53-49)37-18-11-17-34(29-37)35-26-28-46-45(30-35)48-38(23-12-24-47(48)55-46)36-25-27-43-41-21-8-7-19-39(41)40-20-9-10-22-42(40)44(43)31-36/h1-8,11-31,51H,9-10H2,(H,52,53,54). The highest BCUT2D eigenvalue weighted by Crippen LogP contribution is 2.40. The van der Waals surface area contributed by atoms with E-state index in [0.29, 0.717) is 0 Å². The minimum Gasteiger partial charge on any atom is -0.456 e. The summed E-state index contributed by atoms with van der Waals surface area (Å²) >= 11 is 0. The molecule has 55 heavy (non-hydrogen) atoms. The van der Waals surface area contributed by atoms with Crippen molar-refractivity contribution in [1.82, 2.24) is 5.32 Å². The van der Waals surface area contributed by atoms with Gasteiger partial charge in [-0.05, 0) is 103 Å². The van der Waals surface area contributed by atoms with Crippen LogP contribution in [0.25, 0.3) is 77.9 Å². The summed E-state index contributed by atoms with van der Waals surface area (Å²) in [5.41, 5.74) is 9.42. The molecule has 0 radical (unpaired) electrons. The van der Waals surface area contributed by atoms with Crippen LogP contribution < -0.4 is 15.8 Å². The monoisotopic (exact) mass is 705 g/mol. The molecule has 0 spiro atoms. The number of fused-ring (bicyclic) bond motifs is 9. The third kappa shape index (κ3) is 5.37. The molecule has 9 aromatic rings. The molecule has 2 aliphatic rings. The molecule has 0 bridgehead atoms. The highest BCUT2D eigenvalue weighted by atomic mass is 16.3. The second kappa shape index (κ2) is 12.8. The van der Waals surface area contributed by atoms with Crippen molar-refractivity contribution < 1.29 is 4.42 Å². The maximum Gasteiger partial charge on any atom is 0.169 e. The normalized spacial score (nSPS) is 14.3. The van der Waals surface area contributed by atoms with Gasteiger partial charge in [-0.2, -0.15) is 0 Å². The molecule has 260 valence electrons. The van der Waals surface area contributed by atoms with Crippen molar-refractivity contribution in [1.29, 1.82) is 0 Å². The number of benzene rings is 8. The molecule has 1 aromatic heterocycles. The van der Waals surface area contributed by atoms with Gasteiger partial charge in [-0.3, -0.25) is 0 Å². The minimum atomic E-state index is -0.401. The van der Waals surface area contributed by atoms with Crippen molar-refractivity contribution in [3.63, 3.8) is 0 Å². The summed E-state index contributed by atoms with van der Waals surface area (Å²) in [6.07, 6.45) is 6.58. The van der Waals surface area contributed by atoms with Gasteiger partial charge in [-0.15, -0.1) is 0 Å². The number of hydrogen-bond donors (Lipinski definition) is 1. The fraction of sp³-hybridized carbons (Fsp3) is 0.0588. The van der Waals surface area contributed by atoms with Gasteiger partial charge in [-0.25, -0.2) is 9.98 Å². The van der Waals surface area contributed by atoms with Gasteiger partial charge in [0.05, 0.1) is 0 Å². The van der Waals surface area contributed by atoms with Crippen LogP contribution in [0.4, 0.5) is 0 Å². The zero-order chi connectivity index (χ0) is 36.3. The zero-order valence-electron chi connectivity index (χ0n) is 30.0. The molecule has 1 N–H and O–H groups in total. The lowest BCUT2D eigenvalue weighted by molar-refractivity contribution is 0.669. The second-order valence-corrected chi connectivity index (χ2v) is 14.4. The van der Waals surface area contributed by atoms with Crippen molar-refractivity contribution in [3.8, 4) is 22.3 Å². The van der Waals surface area contributed by atoms with Gasteiger partial charge in [0.25, 0.3) is 0 Å².